The van der Waals surface area contributed by atoms with Crippen molar-refractivity contribution in [3.8, 4) is 0 Å². The minimum atomic E-state index is -0.364. The lowest BCUT2D eigenvalue weighted by Gasteiger charge is -2.31. The third kappa shape index (κ3) is 6.40. The van der Waals surface area contributed by atoms with E-state index in [1.54, 1.807) is 0 Å². The zero-order valence-corrected chi connectivity index (χ0v) is 14.0. The highest BCUT2D eigenvalue weighted by atomic mass is 16.5. The minimum Gasteiger partial charge on any atom is -0.478 e. The molecule has 126 valence electrons. The van der Waals surface area contributed by atoms with Gasteiger partial charge in [-0.15, -0.1) is 0 Å². The molecule has 23 heavy (non-hydrogen) atoms. The van der Waals surface area contributed by atoms with E-state index >= 15 is 0 Å². The molecule has 0 atom stereocenters. The molecule has 2 rings (SSSR count). The van der Waals surface area contributed by atoms with Crippen LogP contribution in [0.3, 0.4) is 0 Å². The Morgan fingerprint density at radius 1 is 1.26 bits per heavy atom. The second kappa shape index (κ2) is 8.67. The molecule has 0 aliphatic carbocycles. The zero-order valence-electron chi connectivity index (χ0n) is 14.0. The Bertz CT molecular complexity index is 508. The molecule has 1 aliphatic heterocycles. The highest BCUT2D eigenvalue weighted by Gasteiger charge is 2.23. The van der Waals surface area contributed by atoms with Crippen molar-refractivity contribution in [1.29, 1.82) is 5.41 Å². The number of carbonyl (C=O) groups excluding carboxylic acids is 1. The van der Waals surface area contributed by atoms with Crippen LogP contribution < -0.4 is 0 Å². The Morgan fingerprint density at radius 2 is 1.91 bits per heavy atom. The number of carbonyl (C=O) groups is 1. The van der Waals surface area contributed by atoms with E-state index in [-0.39, 0.29) is 30.5 Å². The molecule has 0 aromatic heterocycles. The van der Waals surface area contributed by atoms with Crippen molar-refractivity contribution in [2.75, 3.05) is 13.1 Å². The molecule has 1 aromatic rings. The standard InChI is InChI=1S/C18H26N2O3/c1-14(2)22-17(19)12-18(21)23-16-8-10-20(11-9-16)13-15-6-4-3-5-7-15/h3-7,14,16,19H,8-13H2,1-2H3. The Hall–Kier alpha value is -1.88. The Kier molecular flexibility index (Phi) is 6.59. The van der Waals surface area contributed by atoms with Crippen molar-refractivity contribution in [3.63, 3.8) is 0 Å². The van der Waals surface area contributed by atoms with Crippen molar-refractivity contribution in [2.45, 2.75) is 51.9 Å². The maximum Gasteiger partial charge on any atom is 0.315 e. The fraction of sp³-hybridized carbons (Fsp3) is 0.556. The molecule has 1 heterocycles. The van der Waals surface area contributed by atoms with E-state index in [9.17, 15) is 4.79 Å². The summed E-state index contributed by atoms with van der Waals surface area (Å²) in [5, 5.41) is 7.59. The first-order valence-corrected chi connectivity index (χ1v) is 8.23. The van der Waals surface area contributed by atoms with Crippen LogP contribution in [0.1, 0.15) is 38.7 Å². The summed E-state index contributed by atoms with van der Waals surface area (Å²) in [5.41, 5.74) is 1.31. The maximum atomic E-state index is 11.8. The number of nitrogens with one attached hydrogen (secondary N) is 1. The van der Waals surface area contributed by atoms with E-state index in [0.717, 1.165) is 32.5 Å². The van der Waals surface area contributed by atoms with Crippen LogP contribution in [0.4, 0.5) is 0 Å². The lowest BCUT2D eigenvalue weighted by atomic mass is 10.1. The molecule has 5 heteroatoms. The smallest absolute Gasteiger partial charge is 0.315 e. The summed E-state index contributed by atoms with van der Waals surface area (Å²) in [7, 11) is 0. The molecular formula is C18H26N2O3. The number of ether oxygens (including phenoxy) is 2. The summed E-state index contributed by atoms with van der Waals surface area (Å²) in [4.78, 5) is 14.2. The van der Waals surface area contributed by atoms with Crippen molar-refractivity contribution < 1.29 is 14.3 Å². The van der Waals surface area contributed by atoms with Crippen LogP contribution in [0, 0.1) is 5.41 Å². The summed E-state index contributed by atoms with van der Waals surface area (Å²) in [5.74, 6) is -0.385. The van der Waals surface area contributed by atoms with Crippen LogP contribution in [0.2, 0.25) is 0 Å². The van der Waals surface area contributed by atoms with E-state index in [1.807, 2.05) is 19.9 Å². The lowest BCUT2D eigenvalue weighted by Crippen LogP contribution is -2.37. The van der Waals surface area contributed by atoms with Crippen molar-refractivity contribution in [1.82, 2.24) is 4.90 Å². The van der Waals surface area contributed by atoms with E-state index in [0.29, 0.717) is 0 Å². The van der Waals surface area contributed by atoms with Crippen LogP contribution in [-0.2, 0) is 20.8 Å². The average Bonchev–Trinajstić information content (AvgIpc) is 2.49. The van der Waals surface area contributed by atoms with Gasteiger partial charge in [-0.3, -0.25) is 15.1 Å². The van der Waals surface area contributed by atoms with Crippen molar-refractivity contribution in [2.24, 2.45) is 0 Å². The largest absolute Gasteiger partial charge is 0.478 e. The van der Waals surface area contributed by atoms with Gasteiger partial charge in [0.25, 0.3) is 0 Å². The van der Waals surface area contributed by atoms with Gasteiger partial charge in [0.1, 0.15) is 12.5 Å². The monoisotopic (exact) mass is 318 g/mol. The molecule has 0 spiro atoms. The average molecular weight is 318 g/mol. The third-order valence-corrected chi connectivity index (χ3v) is 3.76. The number of benzene rings is 1. The van der Waals surface area contributed by atoms with Gasteiger partial charge in [0.05, 0.1) is 6.10 Å². The second-order valence-corrected chi connectivity index (χ2v) is 6.22. The van der Waals surface area contributed by atoms with Gasteiger partial charge in [0, 0.05) is 19.6 Å². The van der Waals surface area contributed by atoms with Crippen LogP contribution in [-0.4, -0.2) is 42.1 Å². The predicted octanol–water partition coefficient (Wildman–Crippen LogP) is 2.99. The van der Waals surface area contributed by atoms with Crippen molar-refractivity contribution >= 4 is 11.9 Å². The Morgan fingerprint density at radius 3 is 2.52 bits per heavy atom. The van der Waals surface area contributed by atoms with Gasteiger partial charge >= 0.3 is 5.97 Å². The number of likely N-dealkylation sites (tertiary alicyclic amines) is 1. The first-order valence-electron chi connectivity index (χ1n) is 8.23. The number of esters is 1. The van der Waals surface area contributed by atoms with E-state index < -0.39 is 0 Å². The second-order valence-electron chi connectivity index (χ2n) is 6.22. The highest BCUT2D eigenvalue weighted by Crippen LogP contribution is 2.17. The van der Waals surface area contributed by atoms with Crippen LogP contribution in [0.25, 0.3) is 0 Å². The summed E-state index contributed by atoms with van der Waals surface area (Å²) in [6.07, 6.45) is 1.48. The zero-order chi connectivity index (χ0) is 16.7. The number of hydrogen-bond donors (Lipinski definition) is 1. The van der Waals surface area contributed by atoms with Crippen molar-refractivity contribution in [3.05, 3.63) is 35.9 Å². The molecule has 0 unspecified atom stereocenters. The van der Waals surface area contributed by atoms with Gasteiger partial charge in [-0.25, -0.2) is 0 Å². The summed E-state index contributed by atoms with van der Waals surface area (Å²) >= 11 is 0. The highest BCUT2D eigenvalue weighted by molar-refractivity contribution is 5.92. The number of hydrogen-bond acceptors (Lipinski definition) is 5. The fourth-order valence-electron chi connectivity index (χ4n) is 2.71. The Labute approximate surface area is 138 Å². The maximum absolute atomic E-state index is 11.8. The molecule has 0 saturated carbocycles. The van der Waals surface area contributed by atoms with Gasteiger partial charge in [0.15, 0.2) is 5.90 Å². The molecule has 1 saturated heterocycles. The summed E-state index contributed by atoms with van der Waals surface area (Å²) in [6, 6.07) is 10.4. The normalized spacial score (nSPS) is 16.3. The molecular weight excluding hydrogens is 292 g/mol. The summed E-state index contributed by atoms with van der Waals surface area (Å²) in [6.45, 7) is 6.46. The van der Waals surface area contributed by atoms with Gasteiger partial charge in [-0.05, 0) is 32.3 Å². The predicted molar refractivity (Wildman–Crippen MR) is 89.4 cm³/mol. The minimum absolute atomic E-state index is 0.0217. The van der Waals surface area contributed by atoms with Gasteiger partial charge in [0.2, 0.25) is 0 Å². The topological polar surface area (TPSA) is 62.6 Å². The molecule has 1 fully saturated rings. The number of nitrogens with zero attached hydrogens (tertiary/aromatic N) is 1. The molecule has 1 N–H and O–H groups in total. The fourth-order valence-corrected chi connectivity index (χ4v) is 2.71. The molecule has 1 aliphatic rings. The van der Waals surface area contributed by atoms with Gasteiger partial charge in [-0.2, -0.15) is 0 Å². The van der Waals surface area contributed by atoms with Gasteiger partial charge < -0.3 is 9.47 Å². The SMILES string of the molecule is CC(C)OC(=N)CC(=O)OC1CCN(Cc2ccccc2)CC1. The van der Waals surface area contributed by atoms with Gasteiger partial charge in [-0.1, -0.05) is 30.3 Å². The van der Waals surface area contributed by atoms with Crippen LogP contribution in [0.5, 0.6) is 0 Å². The molecule has 1 aromatic carbocycles. The molecule has 0 bridgehead atoms. The van der Waals surface area contributed by atoms with Crippen LogP contribution in [0.15, 0.2) is 30.3 Å². The quantitative estimate of drug-likeness (QED) is 0.497. The third-order valence-electron chi connectivity index (χ3n) is 3.76. The van der Waals surface area contributed by atoms with E-state index in [4.69, 9.17) is 14.9 Å². The van der Waals surface area contributed by atoms with E-state index in [2.05, 4.69) is 29.2 Å². The molecule has 0 amide bonds. The van der Waals surface area contributed by atoms with Crippen LogP contribution >= 0.6 is 0 Å². The van der Waals surface area contributed by atoms with E-state index in [1.165, 1.54) is 5.56 Å². The number of rotatable bonds is 6. The number of piperidine rings is 1. The lowest BCUT2D eigenvalue weighted by molar-refractivity contribution is -0.150. The Balaban J connectivity index is 1.68. The first-order chi connectivity index (χ1) is 11.0. The molecule has 0 radical (unpaired) electrons. The first kappa shape index (κ1) is 17.5. The summed E-state index contributed by atoms with van der Waals surface area (Å²) < 4.78 is 10.6. The molecule has 5 nitrogen and oxygen atoms in total.